The van der Waals surface area contributed by atoms with E-state index in [0.717, 1.165) is 0 Å². The number of benzene rings is 1. The van der Waals surface area contributed by atoms with Crippen LogP contribution >= 0.6 is 0 Å². The molecule has 0 unspecified atom stereocenters. The quantitative estimate of drug-likeness (QED) is 0.739. The molecule has 1 heterocycles. The first-order valence-electron chi connectivity index (χ1n) is 8.37. The van der Waals surface area contributed by atoms with Crippen LogP contribution in [-0.4, -0.2) is 57.5 Å². The summed E-state index contributed by atoms with van der Waals surface area (Å²) in [7, 11) is -3.66. The fourth-order valence-electron chi connectivity index (χ4n) is 2.32. The molecule has 0 radical (unpaired) electrons. The van der Waals surface area contributed by atoms with Crippen molar-refractivity contribution in [1.82, 2.24) is 4.31 Å². The molecule has 1 aliphatic heterocycles. The lowest BCUT2D eigenvalue weighted by molar-refractivity contribution is -0.150. The predicted octanol–water partition coefficient (Wildman–Crippen LogP) is 1.15. The first-order chi connectivity index (χ1) is 12.2. The average molecular weight is 384 g/mol. The third-order valence-electron chi connectivity index (χ3n) is 3.91. The Bertz CT molecular complexity index is 769. The number of rotatable bonds is 6. The van der Waals surface area contributed by atoms with Gasteiger partial charge in [-0.25, -0.2) is 8.42 Å². The fourth-order valence-corrected chi connectivity index (χ4v) is 3.76. The molecule has 1 N–H and O–H groups in total. The molecule has 1 saturated heterocycles. The van der Waals surface area contributed by atoms with E-state index in [2.05, 4.69) is 5.32 Å². The molecule has 1 aromatic carbocycles. The summed E-state index contributed by atoms with van der Waals surface area (Å²) in [4.78, 5) is 23.5. The Kier molecular flexibility index (Phi) is 6.74. The molecule has 26 heavy (non-hydrogen) atoms. The zero-order valence-electron chi connectivity index (χ0n) is 15.1. The van der Waals surface area contributed by atoms with Crippen molar-refractivity contribution in [3.63, 3.8) is 0 Å². The second kappa shape index (κ2) is 8.61. The maximum atomic E-state index is 12.7. The zero-order valence-corrected chi connectivity index (χ0v) is 16.0. The van der Waals surface area contributed by atoms with E-state index in [1.165, 1.54) is 16.4 Å². The standard InChI is InChI=1S/C17H24N2O6S/c1-12(2)17(21)25-11-16(20)18-15-10-14(5-4-13(15)3)26(22,23)19-6-8-24-9-7-19/h4-5,10,12H,6-9,11H2,1-3H3,(H,18,20). The van der Waals surface area contributed by atoms with Gasteiger partial charge in [-0.2, -0.15) is 4.31 Å². The molecule has 1 aliphatic rings. The maximum absolute atomic E-state index is 12.7. The van der Waals surface area contributed by atoms with Crippen LogP contribution in [0.15, 0.2) is 23.1 Å². The fraction of sp³-hybridized carbons (Fsp3) is 0.529. The number of nitrogens with zero attached hydrogens (tertiary/aromatic N) is 1. The highest BCUT2D eigenvalue weighted by Gasteiger charge is 2.27. The van der Waals surface area contributed by atoms with Gasteiger partial charge < -0.3 is 14.8 Å². The lowest BCUT2D eigenvalue weighted by Crippen LogP contribution is -2.40. The van der Waals surface area contributed by atoms with Gasteiger partial charge in [0.15, 0.2) is 6.61 Å². The molecule has 0 bridgehead atoms. The van der Waals surface area contributed by atoms with Crippen LogP contribution in [0.1, 0.15) is 19.4 Å². The number of ether oxygens (including phenoxy) is 2. The molecular formula is C17H24N2O6S. The Balaban J connectivity index is 2.11. The number of nitrogens with one attached hydrogen (secondary N) is 1. The minimum Gasteiger partial charge on any atom is -0.455 e. The lowest BCUT2D eigenvalue weighted by Gasteiger charge is -2.26. The topological polar surface area (TPSA) is 102 Å². The van der Waals surface area contributed by atoms with Gasteiger partial charge in [0.2, 0.25) is 10.0 Å². The van der Waals surface area contributed by atoms with Gasteiger partial charge in [0.25, 0.3) is 5.91 Å². The highest BCUT2D eigenvalue weighted by molar-refractivity contribution is 7.89. The molecule has 0 saturated carbocycles. The van der Waals surface area contributed by atoms with Crippen LogP contribution in [0.3, 0.4) is 0 Å². The van der Waals surface area contributed by atoms with Crippen LogP contribution in [0.5, 0.6) is 0 Å². The summed E-state index contributed by atoms with van der Waals surface area (Å²) < 4.78 is 36.9. The van der Waals surface area contributed by atoms with Crippen LogP contribution in [-0.2, 0) is 29.1 Å². The first-order valence-corrected chi connectivity index (χ1v) is 9.81. The van der Waals surface area contributed by atoms with Crippen LogP contribution in [0.2, 0.25) is 0 Å². The van der Waals surface area contributed by atoms with Crippen molar-refractivity contribution < 1.29 is 27.5 Å². The highest BCUT2D eigenvalue weighted by atomic mass is 32.2. The number of carbonyl (C=O) groups is 2. The SMILES string of the molecule is Cc1ccc(S(=O)(=O)N2CCOCC2)cc1NC(=O)COC(=O)C(C)C. The van der Waals surface area contributed by atoms with Crippen molar-refractivity contribution >= 4 is 27.6 Å². The Hall–Kier alpha value is -1.97. The van der Waals surface area contributed by atoms with Crippen molar-refractivity contribution in [3.05, 3.63) is 23.8 Å². The predicted molar refractivity (Wildman–Crippen MR) is 95.2 cm³/mol. The average Bonchev–Trinajstić information content (AvgIpc) is 2.62. The van der Waals surface area contributed by atoms with Crippen LogP contribution in [0, 0.1) is 12.8 Å². The minimum absolute atomic E-state index is 0.0967. The summed E-state index contributed by atoms with van der Waals surface area (Å²) in [6.07, 6.45) is 0. The van der Waals surface area contributed by atoms with E-state index >= 15 is 0 Å². The van der Waals surface area contributed by atoms with Gasteiger partial charge in [0.05, 0.1) is 24.0 Å². The zero-order chi connectivity index (χ0) is 19.3. The van der Waals surface area contributed by atoms with Gasteiger partial charge in [0, 0.05) is 18.8 Å². The number of carbonyl (C=O) groups excluding carboxylic acids is 2. The number of morpholine rings is 1. The van der Waals surface area contributed by atoms with E-state index in [1.807, 2.05) is 0 Å². The van der Waals surface area contributed by atoms with Crippen LogP contribution in [0.25, 0.3) is 0 Å². The van der Waals surface area contributed by atoms with E-state index in [1.54, 1.807) is 26.8 Å². The summed E-state index contributed by atoms with van der Waals surface area (Å²) in [6.45, 7) is 5.98. The Labute approximate surface area is 153 Å². The molecule has 1 aromatic rings. The van der Waals surface area contributed by atoms with Crippen LogP contribution in [0.4, 0.5) is 5.69 Å². The van der Waals surface area contributed by atoms with Crippen LogP contribution < -0.4 is 5.32 Å². The number of esters is 1. The minimum atomic E-state index is -3.66. The summed E-state index contributed by atoms with van der Waals surface area (Å²) in [6, 6.07) is 4.56. The lowest BCUT2D eigenvalue weighted by atomic mass is 10.2. The first kappa shape index (κ1) is 20.3. The largest absolute Gasteiger partial charge is 0.455 e. The maximum Gasteiger partial charge on any atom is 0.308 e. The van der Waals surface area contributed by atoms with Gasteiger partial charge in [-0.1, -0.05) is 19.9 Å². The van der Waals surface area contributed by atoms with Gasteiger partial charge in [-0.15, -0.1) is 0 Å². The molecule has 0 atom stereocenters. The Morgan fingerprint density at radius 3 is 2.54 bits per heavy atom. The summed E-state index contributed by atoms with van der Waals surface area (Å²) in [5.41, 5.74) is 1.07. The van der Waals surface area contributed by atoms with Gasteiger partial charge in [-0.05, 0) is 24.6 Å². The smallest absolute Gasteiger partial charge is 0.308 e. The third-order valence-corrected chi connectivity index (χ3v) is 5.80. The summed E-state index contributed by atoms with van der Waals surface area (Å²) in [5.74, 6) is -1.32. The van der Waals surface area contributed by atoms with Crippen molar-refractivity contribution in [2.75, 3.05) is 38.2 Å². The van der Waals surface area contributed by atoms with Gasteiger partial charge in [0.1, 0.15) is 0 Å². The molecule has 0 spiro atoms. The molecule has 0 aromatic heterocycles. The normalized spacial score (nSPS) is 15.7. The third kappa shape index (κ3) is 5.03. The van der Waals surface area contributed by atoms with E-state index in [4.69, 9.17) is 9.47 Å². The number of sulfonamides is 1. The van der Waals surface area contributed by atoms with E-state index in [0.29, 0.717) is 37.6 Å². The molecule has 8 nitrogen and oxygen atoms in total. The Morgan fingerprint density at radius 2 is 1.92 bits per heavy atom. The van der Waals surface area contributed by atoms with Crippen molar-refractivity contribution in [2.45, 2.75) is 25.7 Å². The number of hydrogen-bond acceptors (Lipinski definition) is 6. The van der Waals surface area contributed by atoms with Gasteiger partial charge >= 0.3 is 5.97 Å². The van der Waals surface area contributed by atoms with Gasteiger partial charge in [-0.3, -0.25) is 9.59 Å². The van der Waals surface area contributed by atoms with E-state index in [-0.39, 0.29) is 10.8 Å². The van der Waals surface area contributed by atoms with E-state index in [9.17, 15) is 18.0 Å². The summed E-state index contributed by atoms with van der Waals surface area (Å²) in [5, 5.41) is 2.60. The molecule has 2 rings (SSSR count). The molecule has 1 amide bonds. The second-order valence-electron chi connectivity index (χ2n) is 6.30. The number of hydrogen-bond donors (Lipinski definition) is 1. The van der Waals surface area contributed by atoms with Crippen molar-refractivity contribution in [1.29, 1.82) is 0 Å². The number of aryl methyl sites for hydroxylation is 1. The summed E-state index contributed by atoms with van der Waals surface area (Å²) >= 11 is 0. The highest BCUT2D eigenvalue weighted by Crippen LogP contribution is 2.23. The van der Waals surface area contributed by atoms with Crippen molar-refractivity contribution in [2.24, 2.45) is 5.92 Å². The molecular weight excluding hydrogens is 360 g/mol. The number of amides is 1. The molecule has 9 heteroatoms. The second-order valence-corrected chi connectivity index (χ2v) is 8.24. The monoisotopic (exact) mass is 384 g/mol. The Morgan fingerprint density at radius 1 is 1.27 bits per heavy atom. The number of anilines is 1. The van der Waals surface area contributed by atoms with E-state index < -0.39 is 28.5 Å². The van der Waals surface area contributed by atoms with Crippen molar-refractivity contribution in [3.8, 4) is 0 Å². The molecule has 1 fully saturated rings. The molecule has 0 aliphatic carbocycles. The molecule has 144 valence electrons.